The number of hydrogen-bond acceptors (Lipinski definition) is 3. The van der Waals surface area contributed by atoms with Crippen LogP contribution in [0.15, 0.2) is 18.3 Å². The smallest absolute Gasteiger partial charge is 0.101 e. The first-order valence-electron chi connectivity index (χ1n) is 7.74. The molecule has 1 N–H and O–H groups in total. The molecule has 1 aliphatic carbocycles. The molecule has 1 saturated heterocycles. The summed E-state index contributed by atoms with van der Waals surface area (Å²) in [5.74, 6) is 0.788. The fourth-order valence-electron chi connectivity index (χ4n) is 3.26. The van der Waals surface area contributed by atoms with E-state index in [2.05, 4.69) is 29.5 Å². The number of rotatable bonds is 4. The van der Waals surface area contributed by atoms with Crippen LogP contribution in [0.25, 0.3) is 0 Å². The van der Waals surface area contributed by atoms with E-state index in [4.69, 9.17) is 4.74 Å². The average Bonchev–Trinajstić information content (AvgIpc) is 3.06. The van der Waals surface area contributed by atoms with Crippen LogP contribution in [-0.2, 0) is 11.8 Å². The van der Waals surface area contributed by atoms with Crippen molar-refractivity contribution in [2.24, 2.45) is 13.0 Å². The third-order valence-corrected chi connectivity index (χ3v) is 4.72. The zero-order valence-corrected chi connectivity index (χ0v) is 12.5. The highest BCUT2D eigenvalue weighted by atomic mass is 16.5. The Labute approximate surface area is 121 Å². The largest absolute Gasteiger partial charge is 0.372 e. The van der Waals surface area contributed by atoms with E-state index in [0.717, 1.165) is 25.5 Å². The second kappa shape index (κ2) is 6.10. The summed E-state index contributed by atoms with van der Waals surface area (Å²) in [4.78, 5) is 0. The van der Waals surface area contributed by atoms with E-state index in [1.807, 2.05) is 17.9 Å². The third kappa shape index (κ3) is 2.81. The van der Waals surface area contributed by atoms with Gasteiger partial charge >= 0.3 is 0 Å². The molecule has 4 heteroatoms. The molecule has 0 saturated carbocycles. The van der Waals surface area contributed by atoms with Crippen molar-refractivity contribution in [2.45, 2.75) is 44.8 Å². The van der Waals surface area contributed by atoms with Crippen molar-refractivity contribution in [1.29, 1.82) is 0 Å². The first kappa shape index (κ1) is 13.8. The van der Waals surface area contributed by atoms with Crippen molar-refractivity contribution in [3.05, 3.63) is 29.6 Å². The van der Waals surface area contributed by atoms with Gasteiger partial charge in [-0.25, -0.2) is 0 Å². The van der Waals surface area contributed by atoms with Gasteiger partial charge in [0.2, 0.25) is 0 Å². The van der Waals surface area contributed by atoms with Gasteiger partial charge in [-0.2, -0.15) is 5.10 Å². The van der Waals surface area contributed by atoms with Crippen molar-refractivity contribution in [2.75, 3.05) is 13.2 Å². The highest BCUT2D eigenvalue weighted by Gasteiger charge is 2.32. The first-order chi connectivity index (χ1) is 9.75. The Balaban J connectivity index is 1.61. The van der Waals surface area contributed by atoms with Crippen molar-refractivity contribution in [3.63, 3.8) is 0 Å². The van der Waals surface area contributed by atoms with Crippen molar-refractivity contribution in [1.82, 2.24) is 15.1 Å². The number of aryl methyl sites for hydroxylation is 1. The highest BCUT2D eigenvalue weighted by Crippen LogP contribution is 2.31. The SMILES string of the molecule is Cc1c([C@H]2OCC[C@@H]2NCC2CC=CCC2)cnn1C. The maximum Gasteiger partial charge on any atom is 0.101 e. The summed E-state index contributed by atoms with van der Waals surface area (Å²) >= 11 is 0. The minimum absolute atomic E-state index is 0.169. The van der Waals surface area contributed by atoms with E-state index in [1.165, 1.54) is 30.5 Å². The van der Waals surface area contributed by atoms with Crippen LogP contribution >= 0.6 is 0 Å². The molecule has 0 amide bonds. The number of aromatic nitrogens is 2. The Morgan fingerprint density at radius 3 is 3.00 bits per heavy atom. The average molecular weight is 275 g/mol. The molecule has 20 heavy (non-hydrogen) atoms. The standard InChI is InChI=1S/C16H25N3O/c1-12-14(11-18-19(12)2)16-15(8-9-20-16)17-10-13-6-4-3-5-7-13/h3-4,11,13,15-17H,5-10H2,1-2H3/t13?,15-,16+/m0/s1. The molecule has 110 valence electrons. The Morgan fingerprint density at radius 2 is 2.30 bits per heavy atom. The summed E-state index contributed by atoms with van der Waals surface area (Å²) in [6.07, 6.45) is 11.6. The second-order valence-corrected chi connectivity index (χ2v) is 6.05. The summed E-state index contributed by atoms with van der Waals surface area (Å²) in [6, 6.07) is 0.434. The van der Waals surface area contributed by atoms with Crippen molar-refractivity contribution in [3.8, 4) is 0 Å². The maximum absolute atomic E-state index is 5.96. The number of nitrogens with zero attached hydrogens (tertiary/aromatic N) is 2. The molecule has 0 spiro atoms. The van der Waals surface area contributed by atoms with Gasteiger partial charge < -0.3 is 10.1 Å². The third-order valence-electron chi connectivity index (χ3n) is 4.72. The zero-order chi connectivity index (χ0) is 13.9. The lowest BCUT2D eigenvalue weighted by Gasteiger charge is -2.24. The molecule has 2 heterocycles. The van der Waals surface area contributed by atoms with E-state index in [-0.39, 0.29) is 6.10 Å². The predicted octanol–water partition coefficient (Wildman–Crippen LogP) is 2.50. The van der Waals surface area contributed by atoms with Gasteiger partial charge in [0, 0.05) is 31.0 Å². The van der Waals surface area contributed by atoms with Crippen LogP contribution in [0.4, 0.5) is 0 Å². The van der Waals surface area contributed by atoms with Crippen LogP contribution < -0.4 is 5.32 Å². The first-order valence-corrected chi connectivity index (χ1v) is 7.74. The number of allylic oxidation sites excluding steroid dienone is 2. The molecular weight excluding hydrogens is 250 g/mol. The normalized spacial score (nSPS) is 30.0. The molecule has 1 aliphatic heterocycles. The lowest BCUT2D eigenvalue weighted by molar-refractivity contribution is 0.0972. The summed E-state index contributed by atoms with van der Waals surface area (Å²) in [6.45, 7) is 4.07. The van der Waals surface area contributed by atoms with Gasteiger partial charge in [0.25, 0.3) is 0 Å². The van der Waals surface area contributed by atoms with Crippen LogP contribution in [0.5, 0.6) is 0 Å². The molecule has 1 aromatic rings. The fraction of sp³-hybridized carbons (Fsp3) is 0.688. The van der Waals surface area contributed by atoms with E-state index in [1.54, 1.807) is 0 Å². The van der Waals surface area contributed by atoms with Crippen molar-refractivity contribution >= 4 is 0 Å². The molecule has 1 unspecified atom stereocenters. The molecule has 0 bridgehead atoms. The highest BCUT2D eigenvalue weighted by molar-refractivity contribution is 5.21. The maximum atomic E-state index is 5.96. The fourth-order valence-corrected chi connectivity index (χ4v) is 3.26. The molecule has 2 aliphatic rings. The van der Waals surface area contributed by atoms with Gasteiger partial charge in [-0.15, -0.1) is 0 Å². The number of hydrogen-bond donors (Lipinski definition) is 1. The second-order valence-electron chi connectivity index (χ2n) is 6.05. The van der Waals surface area contributed by atoms with E-state index < -0.39 is 0 Å². The Hall–Kier alpha value is -1.13. The summed E-state index contributed by atoms with van der Waals surface area (Å²) in [5, 5.41) is 8.09. The molecule has 0 radical (unpaired) electrons. The summed E-state index contributed by atoms with van der Waals surface area (Å²) in [7, 11) is 1.99. The Kier molecular flexibility index (Phi) is 4.22. The molecule has 0 aromatic carbocycles. The molecule has 1 aromatic heterocycles. The predicted molar refractivity (Wildman–Crippen MR) is 79.5 cm³/mol. The lowest BCUT2D eigenvalue weighted by atomic mass is 9.93. The number of ether oxygens (including phenoxy) is 1. The van der Waals surface area contributed by atoms with Gasteiger partial charge in [0.1, 0.15) is 6.10 Å². The van der Waals surface area contributed by atoms with E-state index in [0.29, 0.717) is 6.04 Å². The Morgan fingerprint density at radius 1 is 1.40 bits per heavy atom. The van der Waals surface area contributed by atoms with Gasteiger partial charge in [-0.05, 0) is 45.1 Å². The quantitative estimate of drug-likeness (QED) is 0.858. The van der Waals surface area contributed by atoms with Gasteiger partial charge in [0.15, 0.2) is 0 Å². The molecule has 3 atom stereocenters. The van der Waals surface area contributed by atoms with Crippen LogP contribution in [0.1, 0.15) is 43.0 Å². The lowest BCUT2D eigenvalue weighted by Crippen LogP contribution is -2.35. The summed E-state index contributed by atoms with van der Waals surface area (Å²) < 4.78 is 7.89. The molecule has 3 rings (SSSR count). The van der Waals surface area contributed by atoms with Crippen LogP contribution in [-0.4, -0.2) is 29.0 Å². The Bertz CT molecular complexity index is 480. The molecular formula is C16H25N3O. The minimum atomic E-state index is 0.169. The monoisotopic (exact) mass is 275 g/mol. The zero-order valence-electron chi connectivity index (χ0n) is 12.5. The van der Waals surface area contributed by atoms with Crippen molar-refractivity contribution < 1.29 is 4.74 Å². The van der Waals surface area contributed by atoms with Gasteiger partial charge in [-0.1, -0.05) is 12.2 Å². The van der Waals surface area contributed by atoms with Crippen LogP contribution in [0.3, 0.4) is 0 Å². The summed E-state index contributed by atoms with van der Waals surface area (Å²) in [5.41, 5.74) is 2.45. The van der Waals surface area contributed by atoms with Crippen LogP contribution in [0, 0.1) is 12.8 Å². The van der Waals surface area contributed by atoms with E-state index in [9.17, 15) is 0 Å². The van der Waals surface area contributed by atoms with Gasteiger partial charge in [-0.3, -0.25) is 4.68 Å². The van der Waals surface area contributed by atoms with E-state index >= 15 is 0 Å². The minimum Gasteiger partial charge on any atom is -0.372 e. The molecule has 1 fully saturated rings. The van der Waals surface area contributed by atoms with Gasteiger partial charge in [0.05, 0.1) is 6.20 Å². The molecule has 4 nitrogen and oxygen atoms in total. The number of nitrogens with one attached hydrogen (secondary N) is 1. The topological polar surface area (TPSA) is 39.1 Å². The van der Waals surface area contributed by atoms with Crippen LogP contribution in [0.2, 0.25) is 0 Å².